The lowest BCUT2D eigenvalue weighted by atomic mass is 10.2. The summed E-state index contributed by atoms with van der Waals surface area (Å²) in [6, 6.07) is 1.86. The Bertz CT molecular complexity index is 1030. The van der Waals surface area contributed by atoms with Gasteiger partial charge in [-0.15, -0.1) is 22.7 Å². The van der Waals surface area contributed by atoms with Crippen molar-refractivity contribution >= 4 is 38.9 Å². The van der Waals surface area contributed by atoms with Crippen LogP contribution in [0.5, 0.6) is 0 Å². The number of carbonyl (C=O) groups is 1. The molecule has 1 aliphatic carbocycles. The Morgan fingerprint density at radius 1 is 1.36 bits per heavy atom. The highest BCUT2D eigenvalue weighted by Gasteiger charge is 2.21. The Morgan fingerprint density at radius 3 is 2.96 bits per heavy atom. The van der Waals surface area contributed by atoms with Crippen molar-refractivity contribution < 1.29 is 9.53 Å². The number of carbonyl (C=O) groups excluding carboxylic acids is 1. The van der Waals surface area contributed by atoms with Crippen LogP contribution in [0.2, 0.25) is 0 Å². The Labute approximate surface area is 152 Å². The molecule has 0 aliphatic heterocycles. The third-order valence-electron chi connectivity index (χ3n) is 4.51. The summed E-state index contributed by atoms with van der Waals surface area (Å²) in [5.41, 5.74) is 2.13. The van der Waals surface area contributed by atoms with Gasteiger partial charge in [-0.3, -0.25) is 4.79 Å². The summed E-state index contributed by atoms with van der Waals surface area (Å²) in [5, 5.41) is 0.717. The predicted octanol–water partition coefficient (Wildman–Crippen LogP) is 3.76. The van der Waals surface area contributed by atoms with E-state index in [0.29, 0.717) is 16.1 Å². The van der Waals surface area contributed by atoms with Gasteiger partial charge in [-0.25, -0.2) is 9.78 Å². The van der Waals surface area contributed by atoms with E-state index in [-0.39, 0.29) is 18.1 Å². The number of esters is 1. The smallest absolute Gasteiger partial charge is 0.348 e. The molecule has 5 nitrogen and oxygen atoms in total. The van der Waals surface area contributed by atoms with E-state index in [2.05, 4.69) is 16.9 Å². The van der Waals surface area contributed by atoms with Gasteiger partial charge in [-0.05, 0) is 49.8 Å². The molecule has 1 N–H and O–H groups in total. The number of thiophene rings is 2. The van der Waals surface area contributed by atoms with Crippen molar-refractivity contribution in [2.45, 2.75) is 46.1 Å². The summed E-state index contributed by atoms with van der Waals surface area (Å²) in [4.78, 5) is 35.7. The predicted molar refractivity (Wildman–Crippen MR) is 99.8 cm³/mol. The van der Waals surface area contributed by atoms with Gasteiger partial charge in [0.1, 0.15) is 22.1 Å². The molecule has 0 radical (unpaired) electrons. The first kappa shape index (κ1) is 16.5. The number of hydrogen-bond acceptors (Lipinski definition) is 6. The molecule has 0 bridgehead atoms. The molecule has 0 saturated heterocycles. The maximum absolute atomic E-state index is 12.4. The van der Waals surface area contributed by atoms with Gasteiger partial charge in [0.05, 0.1) is 5.39 Å². The normalized spacial score (nSPS) is 13.4. The molecule has 0 aromatic carbocycles. The van der Waals surface area contributed by atoms with Crippen LogP contribution in [-0.4, -0.2) is 15.9 Å². The van der Waals surface area contributed by atoms with Crippen molar-refractivity contribution in [3.05, 3.63) is 48.0 Å². The highest BCUT2D eigenvalue weighted by atomic mass is 32.1. The van der Waals surface area contributed by atoms with Crippen LogP contribution in [0.1, 0.15) is 49.7 Å². The van der Waals surface area contributed by atoms with Crippen LogP contribution in [0.15, 0.2) is 10.9 Å². The molecule has 7 heteroatoms. The van der Waals surface area contributed by atoms with E-state index < -0.39 is 0 Å². The van der Waals surface area contributed by atoms with Gasteiger partial charge in [0.2, 0.25) is 0 Å². The third kappa shape index (κ3) is 2.91. The Hall–Kier alpha value is -1.99. The number of hydrogen-bond donors (Lipinski definition) is 1. The lowest BCUT2D eigenvalue weighted by Gasteiger charge is -2.03. The van der Waals surface area contributed by atoms with Gasteiger partial charge in [0.15, 0.2) is 0 Å². The molecule has 0 atom stereocenters. The van der Waals surface area contributed by atoms with Gasteiger partial charge in [0, 0.05) is 9.75 Å². The highest BCUT2D eigenvalue weighted by molar-refractivity contribution is 7.18. The van der Waals surface area contributed by atoms with Crippen molar-refractivity contribution in [2.75, 3.05) is 0 Å². The molecule has 0 unspecified atom stereocenters. The average Bonchev–Trinajstić information content (AvgIpc) is 3.25. The molecule has 0 amide bonds. The van der Waals surface area contributed by atoms with Crippen molar-refractivity contribution in [3.63, 3.8) is 0 Å². The van der Waals surface area contributed by atoms with Gasteiger partial charge >= 0.3 is 5.97 Å². The second kappa shape index (κ2) is 6.38. The van der Waals surface area contributed by atoms with Crippen LogP contribution < -0.4 is 5.56 Å². The molecule has 0 fully saturated rings. The number of nitrogens with one attached hydrogen (secondary N) is 1. The maximum atomic E-state index is 12.4. The number of fused-ring (bicyclic) bond motifs is 3. The Morgan fingerprint density at radius 2 is 2.20 bits per heavy atom. The quantitative estimate of drug-likeness (QED) is 0.706. The second-order valence-electron chi connectivity index (χ2n) is 6.20. The zero-order chi connectivity index (χ0) is 17.6. The lowest BCUT2D eigenvalue weighted by molar-refractivity contribution is 0.0468. The summed E-state index contributed by atoms with van der Waals surface area (Å²) in [6.07, 6.45) is 3.98. The van der Waals surface area contributed by atoms with E-state index in [1.165, 1.54) is 21.1 Å². The van der Waals surface area contributed by atoms with Crippen LogP contribution in [0.3, 0.4) is 0 Å². The van der Waals surface area contributed by atoms with Gasteiger partial charge in [-0.1, -0.05) is 6.92 Å². The molecular formula is C18H18N2O3S2. The van der Waals surface area contributed by atoms with Crippen LogP contribution in [-0.2, 0) is 30.6 Å². The summed E-state index contributed by atoms with van der Waals surface area (Å²) >= 11 is 3.04. The fourth-order valence-corrected chi connectivity index (χ4v) is 5.58. The van der Waals surface area contributed by atoms with E-state index in [0.717, 1.165) is 41.6 Å². The van der Waals surface area contributed by atoms with E-state index in [9.17, 15) is 9.59 Å². The monoisotopic (exact) mass is 374 g/mol. The molecule has 3 aromatic heterocycles. The maximum Gasteiger partial charge on any atom is 0.348 e. The van der Waals surface area contributed by atoms with Crippen molar-refractivity contribution in [3.8, 4) is 0 Å². The number of H-pyrrole nitrogens is 1. The summed E-state index contributed by atoms with van der Waals surface area (Å²) < 4.78 is 5.35. The van der Waals surface area contributed by atoms with Crippen molar-refractivity contribution in [2.24, 2.45) is 0 Å². The fraction of sp³-hybridized carbons (Fsp3) is 0.389. The number of rotatable bonds is 4. The number of aromatic amines is 1. The Kier molecular flexibility index (Phi) is 4.21. The average molecular weight is 374 g/mol. The molecule has 3 heterocycles. The molecule has 0 saturated carbocycles. The minimum absolute atomic E-state index is 0.0228. The highest BCUT2D eigenvalue weighted by Crippen LogP contribution is 2.34. The fourth-order valence-electron chi connectivity index (χ4n) is 3.29. The first-order chi connectivity index (χ1) is 12.1. The van der Waals surface area contributed by atoms with Crippen molar-refractivity contribution in [1.82, 2.24) is 9.97 Å². The van der Waals surface area contributed by atoms with Crippen LogP contribution in [0, 0.1) is 6.92 Å². The SMILES string of the molecule is CCc1sc(C(=O)OCc2nc3sc4c(c3c(=O)[nH]2)CCC4)cc1C. The molecule has 1 aliphatic rings. The Balaban J connectivity index is 1.55. The van der Waals surface area contributed by atoms with Gasteiger partial charge in [0.25, 0.3) is 5.56 Å². The van der Waals surface area contributed by atoms with E-state index in [1.807, 2.05) is 13.0 Å². The summed E-state index contributed by atoms with van der Waals surface area (Å²) in [6.45, 7) is 4.04. The van der Waals surface area contributed by atoms with E-state index in [4.69, 9.17) is 4.74 Å². The molecule has 130 valence electrons. The first-order valence-corrected chi connectivity index (χ1v) is 10.00. The molecule has 25 heavy (non-hydrogen) atoms. The zero-order valence-corrected chi connectivity index (χ0v) is 15.7. The molecular weight excluding hydrogens is 356 g/mol. The number of ether oxygens (including phenoxy) is 1. The topological polar surface area (TPSA) is 72.0 Å². The second-order valence-corrected chi connectivity index (χ2v) is 8.42. The summed E-state index contributed by atoms with van der Waals surface area (Å²) in [5.74, 6) is 0.0268. The number of nitrogens with zero attached hydrogens (tertiary/aromatic N) is 1. The van der Waals surface area contributed by atoms with Crippen LogP contribution in [0.25, 0.3) is 10.2 Å². The van der Waals surface area contributed by atoms with Crippen LogP contribution >= 0.6 is 22.7 Å². The standard InChI is InChI=1S/C18H18N2O3S2/c1-3-11-9(2)7-13(24-11)18(22)23-8-14-19-16(21)15-10-5-4-6-12(10)25-17(15)20-14/h7H,3-6,8H2,1-2H3,(H,19,20,21). The molecule has 4 rings (SSSR count). The first-order valence-electron chi connectivity index (χ1n) is 8.36. The number of aryl methyl sites for hydroxylation is 4. The molecule has 0 spiro atoms. The van der Waals surface area contributed by atoms with Gasteiger partial charge in [-0.2, -0.15) is 0 Å². The van der Waals surface area contributed by atoms with Crippen LogP contribution in [0.4, 0.5) is 0 Å². The third-order valence-corrected chi connectivity index (χ3v) is 7.05. The van der Waals surface area contributed by atoms with Crippen molar-refractivity contribution in [1.29, 1.82) is 0 Å². The number of aromatic nitrogens is 2. The van der Waals surface area contributed by atoms with Gasteiger partial charge < -0.3 is 9.72 Å². The summed E-state index contributed by atoms with van der Waals surface area (Å²) in [7, 11) is 0. The van der Waals surface area contributed by atoms with E-state index in [1.54, 1.807) is 11.3 Å². The molecule has 3 aromatic rings. The largest absolute Gasteiger partial charge is 0.453 e. The lowest BCUT2D eigenvalue weighted by Crippen LogP contribution is -2.14. The zero-order valence-electron chi connectivity index (χ0n) is 14.1. The van der Waals surface area contributed by atoms with E-state index >= 15 is 0 Å². The minimum Gasteiger partial charge on any atom is -0.453 e. The minimum atomic E-state index is -0.371.